The minimum absolute atomic E-state index is 0.0641. The second kappa shape index (κ2) is 6.71. The molecule has 1 saturated heterocycles. The standard InChI is InChI=1S/C18H25N3O2/c1-13(20-8-10-21(11-9-20)14(2)22)18(23)19-17-7-6-15-4-3-5-16(15)12-17/h6-7,12-13H,3-5,8-11H2,1-2H3,(H,19,23)/p+1/t13-/m0/s1. The number of rotatable bonds is 3. The van der Waals surface area contributed by atoms with Crippen LogP contribution in [-0.2, 0) is 22.4 Å². The van der Waals surface area contributed by atoms with Gasteiger partial charge in [0.1, 0.15) is 0 Å². The molecule has 0 saturated carbocycles. The van der Waals surface area contributed by atoms with E-state index in [0.29, 0.717) is 0 Å². The van der Waals surface area contributed by atoms with Crippen molar-refractivity contribution >= 4 is 17.5 Å². The summed E-state index contributed by atoms with van der Waals surface area (Å²) < 4.78 is 0. The summed E-state index contributed by atoms with van der Waals surface area (Å²) in [6.07, 6.45) is 3.49. The molecule has 1 aromatic rings. The highest BCUT2D eigenvalue weighted by molar-refractivity contribution is 5.93. The van der Waals surface area contributed by atoms with Crippen molar-refractivity contribution in [2.75, 3.05) is 31.5 Å². The quantitative estimate of drug-likeness (QED) is 0.840. The number of aryl methyl sites for hydroxylation is 2. The van der Waals surface area contributed by atoms with E-state index >= 15 is 0 Å². The summed E-state index contributed by atoms with van der Waals surface area (Å²) >= 11 is 0. The molecule has 1 atom stereocenters. The Balaban J connectivity index is 1.57. The first kappa shape index (κ1) is 16.0. The largest absolute Gasteiger partial charge is 0.332 e. The number of benzene rings is 1. The van der Waals surface area contributed by atoms with Crippen molar-refractivity contribution in [3.63, 3.8) is 0 Å². The maximum absolute atomic E-state index is 12.5. The smallest absolute Gasteiger partial charge is 0.282 e. The summed E-state index contributed by atoms with van der Waals surface area (Å²) in [7, 11) is 0. The van der Waals surface area contributed by atoms with E-state index in [9.17, 15) is 9.59 Å². The second-order valence-corrected chi connectivity index (χ2v) is 6.71. The Bertz CT molecular complexity index is 606. The van der Waals surface area contributed by atoms with Gasteiger partial charge in [-0.2, -0.15) is 0 Å². The van der Waals surface area contributed by atoms with Crippen molar-refractivity contribution < 1.29 is 14.5 Å². The highest BCUT2D eigenvalue weighted by atomic mass is 16.2. The number of piperazine rings is 1. The molecule has 5 nitrogen and oxygen atoms in total. The summed E-state index contributed by atoms with van der Waals surface area (Å²) in [5.41, 5.74) is 3.70. The van der Waals surface area contributed by atoms with Gasteiger partial charge in [-0.15, -0.1) is 0 Å². The first-order valence-electron chi connectivity index (χ1n) is 8.57. The molecule has 5 heteroatoms. The number of nitrogens with one attached hydrogen (secondary N) is 2. The number of hydrogen-bond donors (Lipinski definition) is 2. The van der Waals surface area contributed by atoms with Crippen LogP contribution in [0.3, 0.4) is 0 Å². The number of carbonyl (C=O) groups is 2. The topological polar surface area (TPSA) is 53.9 Å². The molecular weight excluding hydrogens is 290 g/mol. The lowest BCUT2D eigenvalue weighted by Crippen LogP contribution is -3.19. The number of fused-ring (bicyclic) bond motifs is 1. The highest BCUT2D eigenvalue weighted by Crippen LogP contribution is 2.24. The van der Waals surface area contributed by atoms with Crippen LogP contribution >= 0.6 is 0 Å². The van der Waals surface area contributed by atoms with Gasteiger partial charge in [0.2, 0.25) is 5.91 Å². The normalized spacial score (nSPS) is 19.3. The van der Waals surface area contributed by atoms with Crippen LogP contribution in [0, 0.1) is 0 Å². The Labute approximate surface area is 137 Å². The highest BCUT2D eigenvalue weighted by Gasteiger charge is 2.30. The molecule has 0 spiro atoms. The van der Waals surface area contributed by atoms with Crippen LogP contribution in [-0.4, -0.2) is 48.9 Å². The van der Waals surface area contributed by atoms with E-state index in [2.05, 4.69) is 17.4 Å². The first-order valence-corrected chi connectivity index (χ1v) is 8.57. The van der Waals surface area contributed by atoms with Gasteiger partial charge in [-0.05, 0) is 49.4 Å². The second-order valence-electron chi connectivity index (χ2n) is 6.71. The SMILES string of the molecule is CC(=O)N1CC[NH+]([C@@H](C)C(=O)Nc2ccc3c(c2)CCC3)CC1. The zero-order chi connectivity index (χ0) is 16.4. The van der Waals surface area contributed by atoms with E-state index in [1.54, 1.807) is 6.92 Å². The van der Waals surface area contributed by atoms with Crippen LogP contribution in [0.1, 0.15) is 31.4 Å². The third kappa shape index (κ3) is 3.55. The summed E-state index contributed by atoms with van der Waals surface area (Å²) in [5, 5.41) is 3.06. The van der Waals surface area contributed by atoms with Crippen LogP contribution in [0.5, 0.6) is 0 Å². The summed E-state index contributed by atoms with van der Waals surface area (Å²) in [6.45, 7) is 6.72. The molecule has 1 aliphatic heterocycles. The van der Waals surface area contributed by atoms with E-state index in [1.807, 2.05) is 17.9 Å². The fraction of sp³-hybridized carbons (Fsp3) is 0.556. The van der Waals surface area contributed by atoms with Crippen molar-refractivity contribution in [1.29, 1.82) is 0 Å². The number of hydrogen-bond acceptors (Lipinski definition) is 2. The molecule has 124 valence electrons. The van der Waals surface area contributed by atoms with Crippen LogP contribution in [0.25, 0.3) is 0 Å². The predicted molar refractivity (Wildman–Crippen MR) is 89.5 cm³/mol. The molecule has 1 fully saturated rings. The van der Waals surface area contributed by atoms with Crippen molar-refractivity contribution in [3.8, 4) is 0 Å². The number of carbonyl (C=O) groups excluding carboxylic acids is 2. The lowest BCUT2D eigenvalue weighted by molar-refractivity contribution is -0.917. The van der Waals surface area contributed by atoms with Crippen molar-refractivity contribution in [2.24, 2.45) is 0 Å². The molecule has 0 radical (unpaired) electrons. The van der Waals surface area contributed by atoms with Gasteiger partial charge in [0.25, 0.3) is 5.91 Å². The number of quaternary nitrogens is 1. The summed E-state index contributed by atoms with van der Waals surface area (Å²) in [5.74, 6) is 0.188. The fourth-order valence-corrected chi connectivity index (χ4v) is 3.63. The van der Waals surface area contributed by atoms with Gasteiger partial charge in [-0.3, -0.25) is 9.59 Å². The van der Waals surface area contributed by atoms with E-state index < -0.39 is 0 Å². The van der Waals surface area contributed by atoms with Gasteiger partial charge in [-0.25, -0.2) is 0 Å². The van der Waals surface area contributed by atoms with E-state index in [0.717, 1.165) is 44.7 Å². The number of anilines is 1. The molecule has 23 heavy (non-hydrogen) atoms. The number of nitrogens with zero attached hydrogens (tertiary/aromatic N) is 1. The first-order chi connectivity index (χ1) is 11.0. The Hall–Kier alpha value is -1.88. The molecular formula is C18H26N3O2+. The lowest BCUT2D eigenvalue weighted by Gasteiger charge is -2.34. The van der Waals surface area contributed by atoms with Crippen LogP contribution < -0.4 is 10.2 Å². The average molecular weight is 316 g/mol. The average Bonchev–Trinajstić information content (AvgIpc) is 3.01. The molecule has 0 aromatic heterocycles. The van der Waals surface area contributed by atoms with E-state index in [-0.39, 0.29) is 17.9 Å². The molecule has 0 bridgehead atoms. The molecule has 2 amide bonds. The molecule has 1 aromatic carbocycles. The zero-order valence-corrected chi connectivity index (χ0v) is 14.0. The minimum atomic E-state index is -0.0997. The Kier molecular flexibility index (Phi) is 4.66. The Morgan fingerprint density at radius 2 is 1.87 bits per heavy atom. The lowest BCUT2D eigenvalue weighted by atomic mass is 10.1. The third-order valence-electron chi connectivity index (χ3n) is 5.22. The van der Waals surface area contributed by atoms with Crippen molar-refractivity contribution in [3.05, 3.63) is 29.3 Å². The molecule has 3 rings (SSSR count). The van der Waals surface area contributed by atoms with Gasteiger partial charge in [0.05, 0.1) is 26.2 Å². The maximum atomic E-state index is 12.5. The third-order valence-corrected chi connectivity index (χ3v) is 5.22. The maximum Gasteiger partial charge on any atom is 0.282 e. The zero-order valence-electron chi connectivity index (χ0n) is 14.0. The molecule has 0 unspecified atom stereocenters. The minimum Gasteiger partial charge on any atom is -0.332 e. The fourth-order valence-electron chi connectivity index (χ4n) is 3.63. The van der Waals surface area contributed by atoms with Crippen molar-refractivity contribution in [2.45, 2.75) is 39.2 Å². The number of amides is 2. The molecule has 1 aliphatic carbocycles. The van der Waals surface area contributed by atoms with Gasteiger partial charge in [0, 0.05) is 12.6 Å². The van der Waals surface area contributed by atoms with E-state index in [1.165, 1.54) is 22.4 Å². The Morgan fingerprint density at radius 1 is 1.17 bits per heavy atom. The molecule has 2 aliphatic rings. The molecule has 1 heterocycles. The monoisotopic (exact) mass is 316 g/mol. The van der Waals surface area contributed by atoms with Crippen LogP contribution in [0.2, 0.25) is 0 Å². The van der Waals surface area contributed by atoms with Gasteiger partial charge in [0.15, 0.2) is 6.04 Å². The van der Waals surface area contributed by atoms with E-state index in [4.69, 9.17) is 0 Å². The molecule has 2 N–H and O–H groups in total. The van der Waals surface area contributed by atoms with Gasteiger partial charge < -0.3 is 15.1 Å². The summed E-state index contributed by atoms with van der Waals surface area (Å²) in [6, 6.07) is 6.17. The predicted octanol–water partition coefficient (Wildman–Crippen LogP) is 0.249. The summed E-state index contributed by atoms with van der Waals surface area (Å²) in [4.78, 5) is 27.0. The Morgan fingerprint density at radius 3 is 2.57 bits per heavy atom. The van der Waals surface area contributed by atoms with Crippen molar-refractivity contribution in [1.82, 2.24) is 4.90 Å². The van der Waals surface area contributed by atoms with Gasteiger partial charge in [-0.1, -0.05) is 6.07 Å². The van der Waals surface area contributed by atoms with Gasteiger partial charge >= 0.3 is 0 Å². The van der Waals surface area contributed by atoms with Crippen LogP contribution in [0.4, 0.5) is 5.69 Å². The van der Waals surface area contributed by atoms with Crippen LogP contribution in [0.15, 0.2) is 18.2 Å².